The predicted molar refractivity (Wildman–Crippen MR) is 63.1 cm³/mol. The van der Waals surface area contributed by atoms with Crippen molar-refractivity contribution in [2.24, 2.45) is 0 Å². The van der Waals surface area contributed by atoms with E-state index in [2.05, 4.69) is 15.3 Å². The lowest BCUT2D eigenvalue weighted by atomic mass is 10.3. The molecule has 2 aromatic rings. The van der Waals surface area contributed by atoms with Gasteiger partial charge in [0, 0.05) is 6.20 Å². The van der Waals surface area contributed by atoms with E-state index in [0.29, 0.717) is 23.5 Å². The Morgan fingerprint density at radius 1 is 1.41 bits per heavy atom. The van der Waals surface area contributed by atoms with Gasteiger partial charge in [-0.25, -0.2) is 4.98 Å². The van der Waals surface area contributed by atoms with Crippen molar-refractivity contribution in [3.05, 3.63) is 47.4 Å². The Labute approximate surface area is 97.9 Å². The number of aldehydes is 1. The smallest absolute Gasteiger partial charge is 0.273 e. The number of rotatable bonds is 3. The molecule has 0 radical (unpaired) electrons. The fourth-order valence-electron chi connectivity index (χ4n) is 1.40. The molecule has 2 rings (SSSR count). The SMILES string of the molecule is Cc1ccnc(NC(=O)c2ccc(C=O)[nH]2)c1. The zero-order chi connectivity index (χ0) is 12.3. The monoisotopic (exact) mass is 229 g/mol. The first-order valence-electron chi connectivity index (χ1n) is 5.07. The van der Waals surface area contributed by atoms with Crippen LogP contribution in [0.4, 0.5) is 5.82 Å². The second-order valence-corrected chi connectivity index (χ2v) is 3.62. The fourth-order valence-corrected chi connectivity index (χ4v) is 1.40. The van der Waals surface area contributed by atoms with Crippen LogP contribution in [0.2, 0.25) is 0 Å². The number of H-pyrrole nitrogens is 1. The molecule has 1 amide bonds. The van der Waals surface area contributed by atoms with Crippen molar-refractivity contribution in [1.82, 2.24) is 9.97 Å². The van der Waals surface area contributed by atoms with Gasteiger partial charge >= 0.3 is 0 Å². The maximum Gasteiger partial charge on any atom is 0.273 e. The molecule has 0 saturated carbocycles. The molecule has 0 unspecified atom stereocenters. The first kappa shape index (κ1) is 11.1. The molecule has 0 aromatic carbocycles. The maximum atomic E-state index is 11.8. The number of hydrogen-bond donors (Lipinski definition) is 2. The van der Waals surface area contributed by atoms with E-state index in [0.717, 1.165) is 5.56 Å². The summed E-state index contributed by atoms with van der Waals surface area (Å²) in [4.78, 5) is 28.9. The molecule has 5 heteroatoms. The van der Waals surface area contributed by atoms with Gasteiger partial charge in [-0.3, -0.25) is 9.59 Å². The highest BCUT2D eigenvalue weighted by Crippen LogP contribution is 2.08. The number of aromatic nitrogens is 2. The molecule has 2 N–H and O–H groups in total. The Morgan fingerprint density at radius 2 is 2.24 bits per heavy atom. The molecule has 0 spiro atoms. The summed E-state index contributed by atoms with van der Waals surface area (Å²) in [5, 5.41) is 2.64. The minimum absolute atomic E-state index is 0.323. The lowest BCUT2D eigenvalue weighted by molar-refractivity contribution is 0.102. The van der Waals surface area contributed by atoms with E-state index in [-0.39, 0.29) is 5.91 Å². The lowest BCUT2D eigenvalue weighted by Gasteiger charge is -2.03. The number of hydrogen-bond acceptors (Lipinski definition) is 3. The molecule has 0 aliphatic carbocycles. The first-order valence-corrected chi connectivity index (χ1v) is 5.07. The molecule has 2 aromatic heterocycles. The van der Waals surface area contributed by atoms with Crippen LogP contribution in [-0.4, -0.2) is 22.2 Å². The van der Waals surface area contributed by atoms with Crippen LogP contribution in [0.1, 0.15) is 26.5 Å². The molecular weight excluding hydrogens is 218 g/mol. The minimum Gasteiger partial charge on any atom is -0.348 e. The Morgan fingerprint density at radius 3 is 2.88 bits per heavy atom. The number of aryl methyl sites for hydroxylation is 1. The molecule has 2 heterocycles. The summed E-state index contributed by atoms with van der Waals surface area (Å²) in [7, 11) is 0. The van der Waals surface area contributed by atoms with Crippen LogP contribution in [0.5, 0.6) is 0 Å². The van der Waals surface area contributed by atoms with E-state index in [1.807, 2.05) is 13.0 Å². The van der Waals surface area contributed by atoms with Gasteiger partial charge in [-0.2, -0.15) is 0 Å². The van der Waals surface area contributed by atoms with Crippen molar-refractivity contribution in [2.75, 3.05) is 5.32 Å². The quantitative estimate of drug-likeness (QED) is 0.788. The third kappa shape index (κ3) is 2.57. The van der Waals surface area contributed by atoms with Gasteiger partial charge in [0.1, 0.15) is 11.5 Å². The molecule has 5 nitrogen and oxygen atoms in total. The summed E-state index contributed by atoms with van der Waals surface area (Å²) in [5.74, 6) is 0.161. The molecule has 0 aliphatic heterocycles. The number of carbonyl (C=O) groups excluding carboxylic acids is 2. The van der Waals surface area contributed by atoms with Crippen molar-refractivity contribution >= 4 is 18.0 Å². The zero-order valence-electron chi connectivity index (χ0n) is 9.23. The highest BCUT2D eigenvalue weighted by Gasteiger charge is 2.08. The number of carbonyl (C=O) groups is 2. The van der Waals surface area contributed by atoms with E-state index in [9.17, 15) is 9.59 Å². The minimum atomic E-state index is -0.323. The summed E-state index contributed by atoms with van der Waals surface area (Å²) in [6.45, 7) is 1.91. The molecule has 0 bridgehead atoms. The topological polar surface area (TPSA) is 74.8 Å². The molecule has 86 valence electrons. The lowest BCUT2D eigenvalue weighted by Crippen LogP contribution is -2.13. The van der Waals surface area contributed by atoms with Crippen LogP contribution in [0.25, 0.3) is 0 Å². The number of anilines is 1. The van der Waals surface area contributed by atoms with Crippen LogP contribution in [0.15, 0.2) is 30.5 Å². The molecule has 0 atom stereocenters. The van der Waals surface area contributed by atoms with E-state index in [1.165, 1.54) is 0 Å². The van der Waals surface area contributed by atoms with Crippen LogP contribution < -0.4 is 5.32 Å². The second kappa shape index (κ2) is 4.61. The van der Waals surface area contributed by atoms with E-state index >= 15 is 0 Å². The fraction of sp³-hybridized carbons (Fsp3) is 0.0833. The molecule has 0 fully saturated rings. The highest BCUT2D eigenvalue weighted by molar-refractivity contribution is 6.03. The normalized spacial score (nSPS) is 9.94. The number of pyridine rings is 1. The molecule has 0 saturated heterocycles. The van der Waals surface area contributed by atoms with Gasteiger partial charge < -0.3 is 10.3 Å². The van der Waals surface area contributed by atoms with Gasteiger partial charge in [0.15, 0.2) is 6.29 Å². The van der Waals surface area contributed by atoms with Gasteiger partial charge in [0.2, 0.25) is 0 Å². The number of nitrogens with zero attached hydrogens (tertiary/aromatic N) is 1. The second-order valence-electron chi connectivity index (χ2n) is 3.62. The number of amides is 1. The first-order chi connectivity index (χ1) is 8.19. The summed E-state index contributed by atoms with van der Waals surface area (Å²) >= 11 is 0. The van der Waals surface area contributed by atoms with Crippen LogP contribution in [0, 0.1) is 6.92 Å². The van der Waals surface area contributed by atoms with Gasteiger partial charge in [0.25, 0.3) is 5.91 Å². The summed E-state index contributed by atoms with van der Waals surface area (Å²) in [6.07, 6.45) is 2.28. The Hall–Kier alpha value is -2.43. The number of aromatic amines is 1. The van der Waals surface area contributed by atoms with Gasteiger partial charge in [-0.05, 0) is 36.8 Å². The predicted octanol–water partition coefficient (Wildman–Crippen LogP) is 1.78. The Balaban J connectivity index is 2.14. The largest absolute Gasteiger partial charge is 0.348 e. The summed E-state index contributed by atoms with van der Waals surface area (Å²) in [6, 6.07) is 6.71. The van der Waals surface area contributed by atoms with Crippen molar-refractivity contribution in [3.63, 3.8) is 0 Å². The van der Waals surface area contributed by atoms with Crippen LogP contribution in [-0.2, 0) is 0 Å². The van der Waals surface area contributed by atoms with Crippen molar-refractivity contribution in [2.45, 2.75) is 6.92 Å². The molecule has 17 heavy (non-hydrogen) atoms. The van der Waals surface area contributed by atoms with Crippen molar-refractivity contribution < 1.29 is 9.59 Å². The maximum absolute atomic E-state index is 11.8. The highest BCUT2D eigenvalue weighted by atomic mass is 16.2. The zero-order valence-corrected chi connectivity index (χ0v) is 9.23. The van der Waals surface area contributed by atoms with Crippen LogP contribution >= 0.6 is 0 Å². The van der Waals surface area contributed by atoms with Gasteiger partial charge in [-0.15, -0.1) is 0 Å². The summed E-state index contributed by atoms with van der Waals surface area (Å²) < 4.78 is 0. The van der Waals surface area contributed by atoms with Gasteiger partial charge in [-0.1, -0.05) is 0 Å². The Kier molecular flexibility index (Phi) is 3.00. The van der Waals surface area contributed by atoms with E-state index in [1.54, 1.807) is 24.4 Å². The van der Waals surface area contributed by atoms with Crippen LogP contribution in [0.3, 0.4) is 0 Å². The standard InChI is InChI=1S/C12H11N3O2/c1-8-4-5-13-11(6-8)15-12(17)10-3-2-9(7-16)14-10/h2-7,14H,1H3,(H,13,15,17). The number of nitrogens with one attached hydrogen (secondary N) is 2. The van der Waals surface area contributed by atoms with E-state index < -0.39 is 0 Å². The average molecular weight is 229 g/mol. The third-order valence-corrected chi connectivity index (χ3v) is 2.24. The van der Waals surface area contributed by atoms with Crippen molar-refractivity contribution in [3.8, 4) is 0 Å². The summed E-state index contributed by atoms with van der Waals surface area (Å²) in [5.41, 5.74) is 1.71. The third-order valence-electron chi connectivity index (χ3n) is 2.24. The molecular formula is C12H11N3O2. The van der Waals surface area contributed by atoms with Gasteiger partial charge in [0.05, 0.1) is 5.69 Å². The Bertz CT molecular complexity index is 560. The average Bonchev–Trinajstić information content (AvgIpc) is 2.77. The molecule has 0 aliphatic rings. The van der Waals surface area contributed by atoms with Crippen molar-refractivity contribution in [1.29, 1.82) is 0 Å². The van der Waals surface area contributed by atoms with E-state index in [4.69, 9.17) is 0 Å².